The Hall–Kier alpha value is -1.30. The van der Waals surface area contributed by atoms with E-state index in [2.05, 4.69) is 5.16 Å². The third-order valence-electron chi connectivity index (χ3n) is 3.47. The average Bonchev–Trinajstić information content (AvgIpc) is 3.07. The van der Waals surface area contributed by atoms with Gasteiger partial charge in [-0.2, -0.15) is 0 Å². The molecular weight excluding hydrogens is 222 g/mol. The lowest BCUT2D eigenvalue weighted by Gasteiger charge is -2.39. The molecule has 0 unspecified atom stereocenters. The molecule has 0 aromatic heterocycles. The third-order valence-corrected chi connectivity index (χ3v) is 3.47. The van der Waals surface area contributed by atoms with E-state index >= 15 is 0 Å². The van der Waals surface area contributed by atoms with Gasteiger partial charge in [0.25, 0.3) is 0 Å². The molecule has 0 aromatic rings. The fourth-order valence-corrected chi connectivity index (χ4v) is 2.29. The summed E-state index contributed by atoms with van der Waals surface area (Å²) in [5.41, 5.74) is 4.54. The molecule has 6 heteroatoms. The highest BCUT2D eigenvalue weighted by Gasteiger charge is 2.56. The predicted octanol–water partition coefficient (Wildman–Crippen LogP) is 0.150. The Morgan fingerprint density at radius 1 is 1.47 bits per heavy atom. The smallest absolute Gasteiger partial charge is 0.236 e. The van der Waals surface area contributed by atoms with Crippen molar-refractivity contribution in [2.75, 3.05) is 19.7 Å². The minimum absolute atomic E-state index is 0.0341. The summed E-state index contributed by atoms with van der Waals surface area (Å²) >= 11 is 0. The van der Waals surface area contributed by atoms with Crippen molar-refractivity contribution >= 4 is 11.7 Å². The van der Waals surface area contributed by atoms with E-state index in [1.165, 1.54) is 0 Å². The molecule has 96 valence electrons. The van der Waals surface area contributed by atoms with Gasteiger partial charge in [-0.1, -0.05) is 5.16 Å². The summed E-state index contributed by atoms with van der Waals surface area (Å²) in [6, 6.07) is 0. The topological polar surface area (TPSA) is 88.2 Å². The van der Waals surface area contributed by atoms with Gasteiger partial charge in [-0.05, 0) is 26.7 Å². The van der Waals surface area contributed by atoms with E-state index in [1.54, 1.807) is 4.90 Å². The van der Waals surface area contributed by atoms with Crippen LogP contribution in [0.5, 0.6) is 0 Å². The Bertz CT molecular complexity index is 361. The molecule has 0 atom stereocenters. The minimum Gasteiger partial charge on any atom is -0.409 e. The normalized spacial score (nSPS) is 26.7. The Kier molecular flexibility index (Phi) is 2.77. The van der Waals surface area contributed by atoms with Crippen LogP contribution in [-0.2, 0) is 9.53 Å². The minimum atomic E-state index is -0.748. The molecule has 1 aliphatic heterocycles. The number of amidine groups is 1. The number of carbonyl (C=O) groups is 1. The molecule has 1 saturated heterocycles. The molecule has 0 aromatic carbocycles. The van der Waals surface area contributed by atoms with Gasteiger partial charge in [0, 0.05) is 13.1 Å². The highest BCUT2D eigenvalue weighted by molar-refractivity contribution is 6.09. The Labute approximate surface area is 100 Å². The summed E-state index contributed by atoms with van der Waals surface area (Å²) in [7, 11) is 0. The van der Waals surface area contributed by atoms with Gasteiger partial charge in [0.15, 0.2) is 5.84 Å². The van der Waals surface area contributed by atoms with E-state index in [9.17, 15) is 4.79 Å². The van der Waals surface area contributed by atoms with E-state index in [1.807, 2.05) is 13.8 Å². The Balaban J connectivity index is 2.11. The number of rotatable bonds is 2. The summed E-state index contributed by atoms with van der Waals surface area (Å²) in [4.78, 5) is 14.1. The molecule has 0 radical (unpaired) electrons. The highest BCUT2D eigenvalue weighted by atomic mass is 16.5. The maximum absolute atomic E-state index is 12.4. The Morgan fingerprint density at radius 3 is 2.59 bits per heavy atom. The van der Waals surface area contributed by atoms with Crippen LogP contribution in [0.25, 0.3) is 0 Å². The maximum atomic E-state index is 12.4. The molecule has 1 aliphatic carbocycles. The van der Waals surface area contributed by atoms with Crippen LogP contribution in [0.2, 0.25) is 0 Å². The van der Waals surface area contributed by atoms with Crippen molar-refractivity contribution in [3.05, 3.63) is 0 Å². The molecule has 6 nitrogen and oxygen atoms in total. The molecule has 0 bridgehead atoms. The predicted molar refractivity (Wildman–Crippen MR) is 61.7 cm³/mol. The van der Waals surface area contributed by atoms with Crippen molar-refractivity contribution in [3.8, 4) is 0 Å². The number of nitrogens with two attached hydrogens (primary N) is 1. The quantitative estimate of drug-likeness (QED) is 0.312. The number of hydrogen-bond donors (Lipinski definition) is 2. The zero-order valence-corrected chi connectivity index (χ0v) is 10.3. The van der Waals surface area contributed by atoms with Gasteiger partial charge < -0.3 is 20.6 Å². The second kappa shape index (κ2) is 3.87. The fourth-order valence-electron chi connectivity index (χ4n) is 2.29. The van der Waals surface area contributed by atoms with Crippen molar-refractivity contribution in [1.29, 1.82) is 0 Å². The van der Waals surface area contributed by atoms with E-state index in [0.717, 1.165) is 0 Å². The van der Waals surface area contributed by atoms with Crippen LogP contribution < -0.4 is 5.73 Å². The van der Waals surface area contributed by atoms with Crippen molar-refractivity contribution in [1.82, 2.24) is 4.90 Å². The second-order valence-corrected chi connectivity index (χ2v) is 5.40. The number of amides is 1. The van der Waals surface area contributed by atoms with Gasteiger partial charge in [0.1, 0.15) is 5.41 Å². The lowest BCUT2D eigenvalue weighted by molar-refractivity contribution is -0.149. The van der Waals surface area contributed by atoms with E-state index < -0.39 is 5.41 Å². The number of nitrogens with zero attached hydrogens (tertiary/aromatic N) is 2. The molecule has 1 heterocycles. The lowest BCUT2D eigenvalue weighted by atomic mass is 10.0. The molecule has 1 saturated carbocycles. The van der Waals surface area contributed by atoms with E-state index in [4.69, 9.17) is 15.7 Å². The van der Waals surface area contributed by atoms with Crippen LogP contribution in [0.4, 0.5) is 0 Å². The van der Waals surface area contributed by atoms with E-state index in [-0.39, 0.29) is 17.3 Å². The first kappa shape index (κ1) is 12.2. The van der Waals surface area contributed by atoms with Gasteiger partial charge in [0.05, 0.1) is 12.2 Å². The first-order chi connectivity index (χ1) is 7.91. The first-order valence-electron chi connectivity index (χ1n) is 5.83. The number of carbonyl (C=O) groups excluding carboxylic acids is 1. The zero-order valence-electron chi connectivity index (χ0n) is 10.3. The second-order valence-electron chi connectivity index (χ2n) is 5.40. The Morgan fingerprint density at radius 2 is 2.12 bits per heavy atom. The summed E-state index contributed by atoms with van der Waals surface area (Å²) in [5.74, 6) is -0.00373. The largest absolute Gasteiger partial charge is 0.409 e. The number of oxime groups is 1. The van der Waals surface area contributed by atoms with Gasteiger partial charge >= 0.3 is 0 Å². The third kappa shape index (κ3) is 2.09. The van der Waals surface area contributed by atoms with Crippen LogP contribution in [0.15, 0.2) is 5.16 Å². The lowest BCUT2D eigenvalue weighted by Crippen LogP contribution is -2.54. The molecule has 0 spiro atoms. The summed E-state index contributed by atoms with van der Waals surface area (Å²) in [5, 5.41) is 11.7. The fraction of sp³-hybridized carbons (Fsp3) is 0.818. The van der Waals surface area contributed by atoms with Crippen molar-refractivity contribution in [2.45, 2.75) is 32.3 Å². The van der Waals surface area contributed by atoms with Gasteiger partial charge in [-0.25, -0.2) is 0 Å². The SMILES string of the molecule is CC1(C)CN(C(=O)C2(C(N)=NO)CC2)CCO1. The van der Waals surface area contributed by atoms with E-state index in [0.29, 0.717) is 32.5 Å². The zero-order chi connectivity index (χ0) is 12.7. The van der Waals surface area contributed by atoms with Gasteiger partial charge in [-0.3, -0.25) is 4.79 Å². The summed E-state index contributed by atoms with van der Waals surface area (Å²) < 4.78 is 5.56. The van der Waals surface area contributed by atoms with Crippen molar-refractivity contribution < 1.29 is 14.7 Å². The first-order valence-corrected chi connectivity index (χ1v) is 5.83. The maximum Gasteiger partial charge on any atom is 0.236 e. The van der Waals surface area contributed by atoms with Crippen LogP contribution in [0, 0.1) is 5.41 Å². The number of morpholine rings is 1. The molecule has 1 amide bonds. The highest BCUT2D eigenvalue weighted by Crippen LogP contribution is 2.47. The molecule has 2 fully saturated rings. The van der Waals surface area contributed by atoms with Crippen LogP contribution in [0.1, 0.15) is 26.7 Å². The molecular formula is C11H19N3O3. The number of hydrogen-bond acceptors (Lipinski definition) is 4. The molecule has 2 aliphatic rings. The van der Waals surface area contributed by atoms with Crippen LogP contribution in [0.3, 0.4) is 0 Å². The summed E-state index contributed by atoms with van der Waals surface area (Å²) in [6.07, 6.45) is 1.33. The standard InChI is InChI=1S/C11H19N3O3/c1-10(2)7-14(5-6-17-10)9(15)11(3-4-11)8(12)13-16/h16H,3-7H2,1-2H3,(H2,12,13). The van der Waals surface area contributed by atoms with Crippen molar-refractivity contribution in [3.63, 3.8) is 0 Å². The molecule has 3 N–H and O–H groups in total. The van der Waals surface area contributed by atoms with Gasteiger partial charge in [0.2, 0.25) is 5.91 Å². The summed E-state index contributed by atoms with van der Waals surface area (Å²) in [6.45, 7) is 5.56. The monoisotopic (exact) mass is 241 g/mol. The van der Waals surface area contributed by atoms with Gasteiger partial charge in [-0.15, -0.1) is 0 Å². The van der Waals surface area contributed by atoms with Crippen LogP contribution >= 0.6 is 0 Å². The molecule has 17 heavy (non-hydrogen) atoms. The van der Waals surface area contributed by atoms with Crippen molar-refractivity contribution in [2.24, 2.45) is 16.3 Å². The van der Waals surface area contributed by atoms with Crippen LogP contribution in [-0.4, -0.2) is 47.1 Å². The molecule has 2 rings (SSSR count). The average molecular weight is 241 g/mol. The number of ether oxygens (including phenoxy) is 1.